The molecule has 0 radical (unpaired) electrons. The van der Waals surface area contributed by atoms with Crippen molar-refractivity contribution in [2.45, 2.75) is 25.7 Å². The fourth-order valence-corrected chi connectivity index (χ4v) is 2.05. The minimum atomic E-state index is 0. The molecular weight excluding hydrogens is 240 g/mol. The number of methoxy groups -OCH3 is 1. The predicted octanol–water partition coefficient (Wildman–Crippen LogP) is 1.29. The van der Waals surface area contributed by atoms with Crippen LogP contribution in [-0.4, -0.2) is 51.2 Å². The van der Waals surface area contributed by atoms with Crippen molar-refractivity contribution in [3.8, 4) is 0 Å². The van der Waals surface area contributed by atoms with Crippen LogP contribution in [0.15, 0.2) is 0 Å². The third-order valence-electron chi connectivity index (χ3n) is 3.20. The highest BCUT2D eigenvalue weighted by Gasteiger charge is 2.16. The van der Waals surface area contributed by atoms with Crippen molar-refractivity contribution >= 4 is 18.3 Å². The van der Waals surface area contributed by atoms with Crippen molar-refractivity contribution in [1.82, 2.24) is 10.2 Å². The Labute approximate surface area is 110 Å². The van der Waals surface area contributed by atoms with Gasteiger partial charge >= 0.3 is 0 Å². The minimum absolute atomic E-state index is 0. The minimum Gasteiger partial charge on any atom is -0.385 e. The highest BCUT2D eigenvalue weighted by atomic mass is 35.5. The molecule has 5 heteroatoms. The maximum Gasteiger partial charge on any atom is 0.222 e. The molecule has 0 spiro atoms. The monoisotopic (exact) mass is 264 g/mol. The lowest BCUT2D eigenvalue weighted by Crippen LogP contribution is -2.28. The Kier molecular flexibility index (Phi) is 9.50. The van der Waals surface area contributed by atoms with Crippen LogP contribution in [0.4, 0.5) is 0 Å². The first kappa shape index (κ1) is 16.7. The van der Waals surface area contributed by atoms with E-state index in [9.17, 15) is 4.79 Å². The van der Waals surface area contributed by atoms with Gasteiger partial charge in [-0.2, -0.15) is 0 Å². The normalized spacial score (nSPS) is 18.8. The quantitative estimate of drug-likeness (QED) is 0.705. The summed E-state index contributed by atoms with van der Waals surface area (Å²) in [6.07, 6.45) is 3.86. The van der Waals surface area contributed by atoms with Gasteiger partial charge in [0, 0.05) is 33.7 Å². The number of nitrogens with zero attached hydrogens (tertiary/aromatic N) is 1. The molecule has 17 heavy (non-hydrogen) atoms. The van der Waals surface area contributed by atoms with Gasteiger partial charge < -0.3 is 15.0 Å². The second kappa shape index (κ2) is 9.68. The maximum absolute atomic E-state index is 11.8. The van der Waals surface area contributed by atoms with E-state index < -0.39 is 0 Å². The van der Waals surface area contributed by atoms with Crippen LogP contribution in [0.25, 0.3) is 0 Å². The molecule has 4 nitrogen and oxygen atoms in total. The molecule has 1 aliphatic rings. The molecule has 1 heterocycles. The van der Waals surface area contributed by atoms with Gasteiger partial charge in [-0.3, -0.25) is 4.79 Å². The molecule has 1 N–H and O–H groups in total. The van der Waals surface area contributed by atoms with Crippen LogP contribution in [0, 0.1) is 5.92 Å². The summed E-state index contributed by atoms with van der Waals surface area (Å²) in [6, 6.07) is 0. The van der Waals surface area contributed by atoms with Crippen molar-refractivity contribution in [3.05, 3.63) is 0 Å². The number of ether oxygens (including phenoxy) is 1. The Morgan fingerprint density at radius 1 is 1.53 bits per heavy atom. The van der Waals surface area contributed by atoms with Crippen LogP contribution >= 0.6 is 12.4 Å². The molecule has 0 aromatic heterocycles. The van der Waals surface area contributed by atoms with E-state index in [1.54, 1.807) is 7.11 Å². The summed E-state index contributed by atoms with van der Waals surface area (Å²) in [5.74, 6) is 0.972. The summed E-state index contributed by atoms with van der Waals surface area (Å²) in [7, 11) is 3.57. The van der Waals surface area contributed by atoms with E-state index in [4.69, 9.17) is 4.74 Å². The number of hydrogen-bond donors (Lipinski definition) is 1. The van der Waals surface area contributed by atoms with Gasteiger partial charge in [0.15, 0.2) is 0 Å². The van der Waals surface area contributed by atoms with E-state index in [1.165, 1.54) is 6.42 Å². The average molecular weight is 265 g/mol. The number of hydrogen-bond acceptors (Lipinski definition) is 3. The third-order valence-corrected chi connectivity index (χ3v) is 3.20. The highest BCUT2D eigenvalue weighted by molar-refractivity contribution is 5.85. The van der Waals surface area contributed by atoms with Gasteiger partial charge in [-0.1, -0.05) is 0 Å². The second-order valence-corrected chi connectivity index (χ2v) is 4.56. The molecule has 0 bridgehead atoms. The topological polar surface area (TPSA) is 41.6 Å². The van der Waals surface area contributed by atoms with E-state index in [0.29, 0.717) is 12.3 Å². The Balaban J connectivity index is 0.00000256. The molecule has 1 rings (SSSR count). The lowest BCUT2D eigenvalue weighted by Gasteiger charge is -2.17. The van der Waals surface area contributed by atoms with Gasteiger partial charge in [-0.05, 0) is 38.3 Å². The average Bonchev–Trinajstić information content (AvgIpc) is 2.79. The largest absolute Gasteiger partial charge is 0.385 e. The van der Waals surface area contributed by atoms with Crippen LogP contribution in [0.2, 0.25) is 0 Å². The van der Waals surface area contributed by atoms with Crippen molar-refractivity contribution in [3.63, 3.8) is 0 Å². The number of amides is 1. The van der Waals surface area contributed by atoms with Crippen LogP contribution in [0.5, 0.6) is 0 Å². The van der Waals surface area contributed by atoms with Crippen LogP contribution in [-0.2, 0) is 9.53 Å². The predicted molar refractivity (Wildman–Crippen MR) is 71.6 cm³/mol. The molecule has 1 saturated heterocycles. The number of nitrogens with one attached hydrogen (secondary N) is 1. The Bertz CT molecular complexity index is 209. The molecule has 0 aromatic carbocycles. The van der Waals surface area contributed by atoms with Crippen LogP contribution < -0.4 is 5.32 Å². The first-order valence-corrected chi connectivity index (χ1v) is 6.17. The molecule has 0 saturated carbocycles. The van der Waals surface area contributed by atoms with Crippen molar-refractivity contribution in [2.75, 3.05) is 40.4 Å². The van der Waals surface area contributed by atoms with Crippen molar-refractivity contribution in [2.24, 2.45) is 5.92 Å². The summed E-state index contributed by atoms with van der Waals surface area (Å²) >= 11 is 0. The summed E-state index contributed by atoms with van der Waals surface area (Å²) in [4.78, 5) is 13.6. The second-order valence-electron chi connectivity index (χ2n) is 4.56. The Morgan fingerprint density at radius 2 is 2.29 bits per heavy atom. The van der Waals surface area contributed by atoms with E-state index in [0.717, 1.165) is 39.1 Å². The smallest absolute Gasteiger partial charge is 0.222 e. The van der Waals surface area contributed by atoms with E-state index in [1.807, 2.05) is 11.9 Å². The number of carbonyl (C=O) groups is 1. The first-order chi connectivity index (χ1) is 7.74. The molecule has 102 valence electrons. The van der Waals surface area contributed by atoms with Crippen LogP contribution in [0.1, 0.15) is 25.7 Å². The van der Waals surface area contributed by atoms with Gasteiger partial charge in [-0.25, -0.2) is 0 Å². The van der Waals surface area contributed by atoms with E-state index in [-0.39, 0.29) is 18.3 Å². The van der Waals surface area contributed by atoms with Gasteiger partial charge in [-0.15, -0.1) is 12.4 Å². The van der Waals surface area contributed by atoms with Crippen molar-refractivity contribution < 1.29 is 9.53 Å². The summed E-state index contributed by atoms with van der Waals surface area (Å²) in [5.41, 5.74) is 0. The van der Waals surface area contributed by atoms with Gasteiger partial charge in [0.1, 0.15) is 0 Å². The fraction of sp³-hybridized carbons (Fsp3) is 0.917. The molecular formula is C12H25ClN2O2. The fourth-order valence-electron chi connectivity index (χ4n) is 2.05. The van der Waals surface area contributed by atoms with Gasteiger partial charge in [0.25, 0.3) is 0 Å². The lowest BCUT2D eigenvalue weighted by molar-refractivity contribution is -0.130. The molecule has 0 aliphatic carbocycles. The Hall–Kier alpha value is -0.320. The van der Waals surface area contributed by atoms with E-state index >= 15 is 0 Å². The van der Waals surface area contributed by atoms with Gasteiger partial charge in [0.2, 0.25) is 5.91 Å². The van der Waals surface area contributed by atoms with E-state index in [2.05, 4.69) is 5.32 Å². The SMILES string of the molecule is COCCCN(C)C(=O)CCC1CCNC1.Cl. The summed E-state index contributed by atoms with van der Waals surface area (Å²) in [5, 5.41) is 3.33. The number of carbonyl (C=O) groups excluding carboxylic acids is 1. The zero-order valence-electron chi connectivity index (χ0n) is 10.9. The number of halogens is 1. The molecule has 1 aliphatic heterocycles. The molecule has 1 fully saturated rings. The maximum atomic E-state index is 11.8. The highest BCUT2D eigenvalue weighted by Crippen LogP contribution is 2.14. The van der Waals surface area contributed by atoms with Crippen molar-refractivity contribution in [1.29, 1.82) is 0 Å². The van der Waals surface area contributed by atoms with Gasteiger partial charge in [0.05, 0.1) is 0 Å². The lowest BCUT2D eigenvalue weighted by atomic mass is 10.0. The summed E-state index contributed by atoms with van der Waals surface area (Å²) < 4.78 is 4.97. The third kappa shape index (κ3) is 6.86. The molecule has 0 aromatic rings. The zero-order chi connectivity index (χ0) is 11.8. The first-order valence-electron chi connectivity index (χ1n) is 6.17. The summed E-state index contributed by atoms with van der Waals surface area (Å²) in [6.45, 7) is 3.73. The zero-order valence-corrected chi connectivity index (χ0v) is 11.7. The standard InChI is InChI=1S/C12H24N2O2.ClH/c1-14(8-3-9-16-2)12(15)5-4-11-6-7-13-10-11;/h11,13H,3-10H2,1-2H3;1H. The Morgan fingerprint density at radius 3 is 2.88 bits per heavy atom. The molecule has 1 atom stereocenters. The molecule has 1 amide bonds. The number of rotatable bonds is 7. The van der Waals surface area contributed by atoms with Crippen LogP contribution in [0.3, 0.4) is 0 Å². The molecule has 1 unspecified atom stereocenters.